The van der Waals surface area contributed by atoms with E-state index in [0.717, 1.165) is 25.8 Å². The van der Waals surface area contributed by atoms with Gasteiger partial charge in [-0.1, -0.05) is 17.7 Å². The van der Waals surface area contributed by atoms with Crippen LogP contribution in [0.2, 0.25) is 5.02 Å². The largest absolute Gasteiger partial charge is 0.285 e. The quantitative estimate of drug-likeness (QED) is 0.685. The average Bonchev–Trinajstić information content (AvgIpc) is 3.19. The Bertz CT molecular complexity index is 912. The van der Waals surface area contributed by atoms with E-state index in [4.69, 9.17) is 11.6 Å². The molecule has 2 aliphatic heterocycles. The minimum Gasteiger partial charge on any atom is -0.285 e. The molecule has 4 rings (SSSR count). The Morgan fingerprint density at radius 2 is 2.00 bits per heavy atom. The molecule has 3 atom stereocenters. The molecule has 2 saturated heterocycles. The number of rotatable bonds is 5. The number of nitrogens with one attached hydrogen (secondary N) is 3. The zero-order valence-electron chi connectivity index (χ0n) is 15.4. The van der Waals surface area contributed by atoms with Crippen molar-refractivity contribution in [3.8, 4) is 0 Å². The molecular formula is C19H24ClN5O2S. The summed E-state index contributed by atoms with van der Waals surface area (Å²) in [6.07, 6.45) is 6.44. The van der Waals surface area contributed by atoms with Gasteiger partial charge in [0.15, 0.2) is 0 Å². The first-order valence-electron chi connectivity index (χ1n) is 9.44. The molecule has 28 heavy (non-hydrogen) atoms. The highest BCUT2D eigenvalue weighted by molar-refractivity contribution is 7.89. The number of halogens is 1. The van der Waals surface area contributed by atoms with Crippen molar-refractivity contribution in [3.05, 3.63) is 59.4 Å². The third-order valence-corrected chi connectivity index (χ3v) is 7.07. The van der Waals surface area contributed by atoms with Gasteiger partial charge < -0.3 is 0 Å². The van der Waals surface area contributed by atoms with Gasteiger partial charge in [-0.3, -0.25) is 9.88 Å². The number of aromatic nitrogens is 1. The van der Waals surface area contributed by atoms with E-state index in [1.165, 1.54) is 11.6 Å². The number of benzene rings is 1. The second-order valence-corrected chi connectivity index (χ2v) is 9.44. The molecule has 3 N–H and O–H groups in total. The summed E-state index contributed by atoms with van der Waals surface area (Å²) in [4.78, 5) is 6.58. The molecule has 3 unspecified atom stereocenters. The number of hydrogen-bond donors (Lipinski definition) is 3. The van der Waals surface area contributed by atoms with Crippen molar-refractivity contribution >= 4 is 21.6 Å². The number of nitrogens with zero attached hydrogens (tertiary/aromatic N) is 2. The van der Waals surface area contributed by atoms with Crippen LogP contribution in [-0.2, 0) is 10.0 Å². The van der Waals surface area contributed by atoms with Crippen LogP contribution in [0.1, 0.15) is 30.9 Å². The zero-order valence-corrected chi connectivity index (χ0v) is 17.0. The van der Waals surface area contributed by atoms with Gasteiger partial charge in [0.25, 0.3) is 0 Å². The topological polar surface area (TPSA) is 86.4 Å². The van der Waals surface area contributed by atoms with Crippen molar-refractivity contribution in [1.82, 2.24) is 25.5 Å². The normalized spacial score (nSPS) is 26.4. The number of sulfonamides is 1. The maximum absolute atomic E-state index is 12.7. The SMILES string of the molecule is O=S(=O)(NC1CCCN(C2CC(c3ccncc3)NN2)C1)c1cccc(Cl)c1. The van der Waals surface area contributed by atoms with Crippen LogP contribution in [0.25, 0.3) is 0 Å². The molecule has 3 heterocycles. The van der Waals surface area contributed by atoms with E-state index in [9.17, 15) is 8.42 Å². The molecule has 1 aromatic carbocycles. The monoisotopic (exact) mass is 421 g/mol. The molecule has 2 aromatic rings. The van der Waals surface area contributed by atoms with Gasteiger partial charge in [-0.2, -0.15) is 0 Å². The van der Waals surface area contributed by atoms with Crippen molar-refractivity contribution in [1.29, 1.82) is 0 Å². The van der Waals surface area contributed by atoms with E-state index in [2.05, 4.69) is 25.5 Å². The molecule has 0 amide bonds. The first-order chi connectivity index (χ1) is 13.5. The van der Waals surface area contributed by atoms with Crippen LogP contribution in [0.4, 0.5) is 0 Å². The van der Waals surface area contributed by atoms with Gasteiger partial charge in [0.1, 0.15) is 0 Å². The first-order valence-corrected chi connectivity index (χ1v) is 11.3. The molecule has 9 heteroatoms. The Hall–Kier alpha value is -1.55. The smallest absolute Gasteiger partial charge is 0.240 e. The fourth-order valence-electron chi connectivity index (χ4n) is 3.90. The van der Waals surface area contributed by atoms with Crippen LogP contribution in [0.5, 0.6) is 0 Å². The lowest BCUT2D eigenvalue weighted by molar-refractivity contribution is 0.129. The summed E-state index contributed by atoms with van der Waals surface area (Å²) in [6.45, 7) is 1.61. The number of hydrogen-bond acceptors (Lipinski definition) is 6. The van der Waals surface area contributed by atoms with Crippen molar-refractivity contribution in [3.63, 3.8) is 0 Å². The number of piperidine rings is 1. The van der Waals surface area contributed by atoms with Crippen LogP contribution < -0.4 is 15.6 Å². The fourth-order valence-corrected chi connectivity index (χ4v) is 5.46. The Labute approximate surface area is 170 Å². The predicted molar refractivity (Wildman–Crippen MR) is 108 cm³/mol. The molecular weight excluding hydrogens is 398 g/mol. The van der Waals surface area contributed by atoms with E-state index in [1.54, 1.807) is 30.6 Å². The molecule has 0 bridgehead atoms. The van der Waals surface area contributed by atoms with E-state index in [-0.39, 0.29) is 23.1 Å². The summed E-state index contributed by atoms with van der Waals surface area (Å²) in [5.74, 6) is 0. The van der Waals surface area contributed by atoms with E-state index in [0.29, 0.717) is 11.6 Å². The molecule has 0 spiro atoms. The number of hydrazine groups is 1. The summed E-state index contributed by atoms with van der Waals surface area (Å²) in [7, 11) is -3.59. The molecule has 0 aliphatic carbocycles. The van der Waals surface area contributed by atoms with Crippen LogP contribution >= 0.6 is 11.6 Å². The molecule has 0 saturated carbocycles. The summed E-state index contributed by atoms with van der Waals surface area (Å²) >= 11 is 5.95. The van der Waals surface area contributed by atoms with Crippen LogP contribution in [-0.4, -0.2) is 43.6 Å². The van der Waals surface area contributed by atoms with E-state index in [1.807, 2.05) is 12.1 Å². The molecule has 1 aromatic heterocycles. The van der Waals surface area contributed by atoms with Crippen LogP contribution in [0.15, 0.2) is 53.7 Å². The summed E-state index contributed by atoms with van der Waals surface area (Å²) in [5.41, 5.74) is 7.90. The van der Waals surface area contributed by atoms with Gasteiger partial charge in [0.2, 0.25) is 10.0 Å². The molecule has 2 aliphatic rings. The lowest BCUT2D eigenvalue weighted by Crippen LogP contribution is -2.54. The lowest BCUT2D eigenvalue weighted by atomic mass is 10.0. The van der Waals surface area contributed by atoms with E-state index < -0.39 is 10.0 Å². The van der Waals surface area contributed by atoms with Gasteiger partial charge in [-0.25, -0.2) is 24.0 Å². The first kappa shape index (κ1) is 19.8. The Morgan fingerprint density at radius 1 is 1.18 bits per heavy atom. The highest BCUT2D eigenvalue weighted by Gasteiger charge is 2.33. The summed E-state index contributed by atoms with van der Waals surface area (Å²) in [6, 6.07) is 10.5. The minimum absolute atomic E-state index is 0.125. The summed E-state index contributed by atoms with van der Waals surface area (Å²) < 4.78 is 28.2. The van der Waals surface area contributed by atoms with Crippen molar-refractivity contribution in [2.75, 3.05) is 13.1 Å². The fraction of sp³-hybridized carbons (Fsp3) is 0.421. The van der Waals surface area contributed by atoms with Gasteiger partial charge in [0, 0.05) is 36.0 Å². The maximum atomic E-state index is 12.7. The van der Waals surface area contributed by atoms with Crippen molar-refractivity contribution < 1.29 is 8.42 Å². The summed E-state index contributed by atoms with van der Waals surface area (Å²) in [5, 5.41) is 0.413. The second kappa shape index (κ2) is 8.44. The predicted octanol–water partition coefficient (Wildman–Crippen LogP) is 2.04. The maximum Gasteiger partial charge on any atom is 0.240 e. The second-order valence-electron chi connectivity index (χ2n) is 7.29. The molecule has 150 valence electrons. The Morgan fingerprint density at radius 3 is 2.79 bits per heavy atom. The van der Waals surface area contributed by atoms with Crippen LogP contribution in [0, 0.1) is 0 Å². The van der Waals surface area contributed by atoms with Crippen molar-refractivity contribution in [2.24, 2.45) is 0 Å². The third kappa shape index (κ3) is 4.53. The van der Waals surface area contributed by atoms with Gasteiger partial charge in [0.05, 0.1) is 11.1 Å². The van der Waals surface area contributed by atoms with Crippen LogP contribution in [0.3, 0.4) is 0 Å². The van der Waals surface area contributed by atoms with Crippen molar-refractivity contribution in [2.45, 2.75) is 42.4 Å². The van der Waals surface area contributed by atoms with Gasteiger partial charge in [-0.05, 0) is 61.7 Å². The molecule has 7 nitrogen and oxygen atoms in total. The van der Waals surface area contributed by atoms with Gasteiger partial charge >= 0.3 is 0 Å². The number of pyridine rings is 1. The highest BCUT2D eigenvalue weighted by atomic mass is 35.5. The Kier molecular flexibility index (Phi) is 5.96. The lowest BCUT2D eigenvalue weighted by Gasteiger charge is -2.36. The number of likely N-dealkylation sites (tertiary alicyclic amines) is 1. The molecule has 2 fully saturated rings. The third-order valence-electron chi connectivity index (χ3n) is 5.31. The minimum atomic E-state index is -3.59. The standard InChI is InChI=1S/C19H24ClN5O2S/c20-15-3-1-5-17(11-15)28(26,27)24-16-4-2-10-25(13-16)19-12-18(22-23-19)14-6-8-21-9-7-14/h1,3,5-9,11,16,18-19,22-24H,2,4,10,12-13H2. The molecule has 0 radical (unpaired) electrons. The highest BCUT2D eigenvalue weighted by Crippen LogP contribution is 2.25. The van der Waals surface area contributed by atoms with E-state index >= 15 is 0 Å². The Balaban J connectivity index is 1.38. The zero-order chi connectivity index (χ0) is 19.6. The van der Waals surface area contributed by atoms with Gasteiger partial charge in [-0.15, -0.1) is 0 Å². The average molecular weight is 422 g/mol.